The summed E-state index contributed by atoms with van der Waals surface area (Å²) >= 11 is 0. The van der Waals surface area contributed by atoms with Gasteiger partial charge in [0.1, 0.15) is 6.04 Å². The minimum absolute atomic E-state index is 0.0521. The molecule has 8 nitrogen and oxygen atoms in total. The third-order valence-corrected chi connectivity index (χ3v) is 7.02. The zero-order valence-corrected chi connectivity index (χ0v) is 23.2. The van der Waals surface area contributed by atoms with Crippen molar-refractivity contribution in [3.63, 3.8) is 0 Å². The number of hydrogen-bond acceptors (Lipinski definition) is 5. The highest BCUT2D eigenvalue weighted by Crippen LogP contribution is 2.41. The van der Waals surface area contributed by atoms with Crippen molar-refractivity contribution in [3.05, 3.63) is 108 Å². The van der Waals surface area contributed by atoms with Gasteiger partial charge in [0, 0.05) is 25.5 Å². The Labute approximate surface area is 241 Å². The van der Waals surface area contributed by atoms with Crippen LogP contribution in [-0.4, -0.2) is 61.6 Å². The summed E-state index contributed by atoms with van der Waals surface area (Å²) in [6.45, 7) is 4.19. The van der Waals surface area contributed by atoms with Gasteiger partial charge >= 0.3 is 6.18 Å². The van der Waals surface area contributed by atoms with E-state index in [0.717, 1.165) is 11.8 Å². The Kier molecular flexibility index (Phi) is 8.81. The van der Waals surface area contributed by atoms with Crippen LogP contribution in [0.15, 0.2) is 91.4 Å². The molecule has 0 saturated heterocycles. The summed E-state index contributed by atoms with van der Waals surface area (Å²) in [5.41, 5.74) is -3.02. The smallest absolute Gasteiger partial charge is 0.362 e. The van der Waals surface area contributed by atoms with Crippen LogP contribution in [0.1, 0.15) is 42.3 Å². The predicted octanol–water partition coefficient (Wildman–Crippen LogP) is 4.39. The topological polar surface area (TPSA) is 103 Å². The Balaban J connectivity index is 2.00. The van der Waals surface area contributed by atoms with Gasteiger partial charge < -0.3 is 15.3 Å². The number of hydrogen-bond donors (Lipinski definition) is 2. The highest BCUT2D eigenvalue weighted by atomic mass is 19.4. The van der Waals surface area contributed by atoms with Crippen LogP contribution in [0.25, 0.3) is 5.70 Å². The van der Waals surface area contributed by atoms with Crippen LogP contribution < -0.4 is 5.32 Å². The van der Waals surface area contributed by atoms with Gasteiger partial charge in [-0.2, -0.15) is 13.2 Å². The van der Waals surface area contributed by atoms with Gasteiger partial charge in [0.2, 0.25) is 5.91 Å². The van der Waals surface area contributed by atoms with Crippen LogP contribution in [0, 0.1) is 5.92 Å². The lowest BCUT2D eigenvalue weighted by Crippen LogP contribution is -2.72. The van der Waals surface area contributed by atoms with Crippen LogP contribution in [0.5, 0.6) is 0 Å². The van der Waals surface area contributed by atoms with Gasteiger partial charge in [-0.25, -0.2) is 0 Å². The van der Waals surface area contributed by atoms with Crippen molar-refractivity contribution in [2.75, 3.05) is 0 Å². The maximum atomic E-state index is 14.8. The lowest BCUT2D eigenvalue weighted by molar-refractivity contribution is -0.287. The zero-order chi connectivity index (χ0) is 30.7. The maximum Gasteiger partial charge on any atom is 0.438 e. The first kappa shape index (κ1) is 30.4. The number of carbonyl (C=O) groups is 3. The van der Waals surface area contributed by atoms with Crippen LogP contribution in [0.3, 0.4) is 0 Å². The third-order valence-electron chi connectivity index (χ3n) is 7.02. The predicted molar refractivity (Wildman–Crippen MR) is 149 cm³/mol. The number of benzene rings is 2. The monoisotopic (exact) mass is 580 g/mol. The van der Waals surface area contributed by atoms with E-state index >= 15 is 0 Å². The Bertz CT molecular complexity index is 1450. The first-order valence-electron chi connectivity index (χ1n) is 13.3. The molecule has 11 heteroatoms. The zero-order valence-electron chi connectivity index (χ0n) is 23.2. The van der Waals surface area contributed by atoms with Crippen molar-refractivity contribution < 1.29 is 32.7 Å². The molecule has 3 aromatic rings. The molecule has 3 atom stereocenters. The number of aliphatic hydroxyl groups is 1. The SMILES string of the molecule is CC(=O)NC(O)(C(Cc1ccccc1)N1C(=O)C(C(C)C)N(C(=O)c2cccnc2)C=C1c1ccccc1)C(F)(F)F. The number of alkyl halides is 3. The Morgan fingerprint density at radius 2 is 1.62 bits per heavy atom. The van der Waals surface area contributed by atoms with E-state index in [1.165, 1.54) is 29.6 Å². The summed E-state index contributed by atoms with van der Waals surface area (Å²) in [5.74, 6) is -3.11. The molecule has 2 N–H and O–H groups in total. The molecule has 1 aliphatic heterocycles. The standard InChI is InChI=1S/C31H31F3N4O4/c1-20(2)27-29(41)38(26(17-22-11-6-4-7-12-22)30(42,31(32,33)34)36-21(3)39)25(23-13-8-5-9-14-23)19-37(27)28(40)24-15-10-16-35-18-24/h4-16,18-20,26-27,42H,17H2,1-3H3,(H,36,39). The fourth-order valence-corrected chi connectivity index (χ4v) is 5.10. The number of amides is 3. The molecule has 220 valence electrons. The second-order valence-electron chi connectivity index (χ2n) is 10.4. The van der Waals surface area contributed by atoms with E-state index in [-0.39, 0.29) is 11.3 Å². The number of rotatable bonds is 8. The van der Waals surface area contributed by atoms with Gasteiger partial charge in [0.25, 0.3) is 17.5 Å². The number of halogens is 3. The van der Waals surface area contributed by atoms with Crippen molar-refractivity contribution in [3.8, 4) is 0 Å². The van der Waals surface area contributed by atoms with Crippen molar-refractivity contribution in [1.29, 1.82) is 0 Å². The van der Waals surface area contributed by atoms with Crippen LogP contribution in [0.4, 0.5) is 13.2 Å². The molecule has 0 saturated carbocycles. The first-order valence-corrected chi connectivity index (χ1v) is 13.3. The van der Waals surface area contributed by atoms with Crippen molar-refractivity contribution in [2.45, 2.75) is 51.2 Å². The second kappa shape index (κ2) is 12.2. The molecule has 2 heterocycles. The molecule has 3 unspecified atom stereocenters. The van der Waals surface area contributed by atoms with Gasteiger partial charge in [-0.05, 0) is 35.6 Å². The molecular formula is C31H31F3N4O4. The molecule has 2 aromatic carbocycles. The van der Waals surface area contributed by atoms with Crippen molar-refractivity contribution in [1.82, 2.24) is 20.1 Å². The third kappa shape index (κ3) is 6.06. The lowest BCUT2D eigenvalue weighted by atomic mass is 9.88. The van der Waals surface area contributed by atoms with E-state index in [0.29, 0.717) is 11.1 Å². The van der Waals surface area contributed by atoms with Gasteiger partial charge in [0.05, 0.1) is 17.3 Å². The van der Waals surface area contributed by atoms with Gasteiger partial charge in [-0.3, -0.25) is 24.3 Å². The van der Waals surface area contributed by atoms with E-state index in [9.17, 15) is 32.7 Å². The molecule has 4 rings (SSSR count). The molecule has 1 aliphatic rings. The molecule has 0 radical (unpaired) electrons. The summed E-state index contributed by atoms with van der Waals surface area (Å²) in [4.78, 5) is 46.3. The number of pyridine rings is 1. The maximum absolute atomic E-state index is 14.8. The number of nitrogens with one attached hydrogen (secondary N) is 1. The van der Waals surface area contributed by atoms with Crippen LogP contribution >= 0.6 is 0 Å². The molecule has 0 aliphatic carbocycles. The normalized spacial score (nSPS) is 17.9. The largest absolute Gasteiger partial charge is 0.438 e. The Morgan fingerprint density at radius 3 is 2.14 bits per heavy atom. The van der Waals surface area contributed by atoms with Crippen molar-refractivity contribution in [2.24, 2.45) is 5.92 Å². The minimum Gasteiger partial charge on any atom is -0.362 e. The fraction of sp³-hybridized carbons (Fsp3) is 0.290. The molecule has 0 bridgehead atoms. The number of aromatic nitrogens is 1. The number of carbonyl (C=O) groups excluding carboxylic acids is 3. The fourth-order valence-electron chi connectivity index (χ4n) is 5.10. The minimum atomic E-state index is -5.39. The van der Waals surface area contributed by atoms with E-state index in [2.05, 4.69) is 4.98 Å². The molecule has 0 fully saturated rings. The summed E-state index contributed by atoms with van der Waals surface area (Å²) < 4.78 is 44.5. The van der Waals surface area contributed by atoms with Crippen LogP contribution in [-0.2, 0) is 16.0 Å². The average molecular weight is 581 g/mol. The van der Waals surface area contributed by atoms with E-state index in [1.54, 1.807) is 85.9 Å². The van der Waals surface area contributed by atoms with E-state index in [4.69, 9.17) is 0 Å². The summed E-state index contributed by atoms with van der Waals surface area (Å²) in [5, 5.41) is 13.1. The summed E-state index contributed by atoms with van der Waals surface area (Å²) in [6.07, 6.45) is -1.72. The second-order valence-corrected chi connectivity index (χ2v) is 10.4. The Morgan fingerprint density at radius 1 is 1.00 bits per heavy atom. The van der Waals surface area contributed by atoms with Crippen LogP contribution in [0.2, 0.25) is 0 Å². The van der Waals surface area contributed by atoms with E-state index < -0.39 is 54.0 Å². The molecule has 3 amide bonds. The van der Waals surface area contributed by atoms with Gasteiger partial charge in [-0.1, -0.05) is 74.5 Å². The van der Waals surface area contributed by atoms with Gasteiger partial charge in [0.15, 0.2) is 0 Å². The van der Waals surface area contributed by atoms with Crippen molar-refractivity contribution >= 4 is 23.4 Å². The van der Waals surface area contributed by atoms with E-state index in [1.807, 2.05) is 0 Å². The lowest BCUT2D eigenvalue weighted by Gasteiger charge is -2.49. The molecular weight excluding hydrogens is 549 g/mol. The molecule has 1 aromatic heterocycles. The Hall–Kier alpha value is -4.51. The highest BCUT2D eigenvalue weighted by molar-refractivity contribution is 6.02. The highest BCUT2D eigenvalue weighted by Gasteiger charge is 2.63. The first-order chi connectivity index (χ1) is 19.8. The average Bonchev–Trinajstić information content (AvgIpc) is 2.95. The quantitative estimate of drug-likeness (QED) is 0.385. The number of nitrogens with zero attached hydrogens (tertiary/aromatic N) is 3. The molecule has 42 heavy (non-hydrogen) atoms. The summed E-state index contributed by atoms with van der Waals surface area (Å²) in [7, 11) is 0. The van der Waals surface area contributed by atoms with Gasteiger partial charge in [-0.15, -0.1) is 0 Å². The summed E-state index contributed by atoms with van der Waals surface area (Å²) in [6, 6.07) is 16.0. The molecule has 0 spiro atoms.